The molecule has 0 amide bonds. The number of hydrogen-bond donors (Lipinski definition) is 1. The van der Waals surface area contributed by atoms with Gasteiger partial charge in [0.05, 0.1) is 6.04 Å². The SMILES string of the molecule is CC#Cc1cncc(-c2cc(C3CCSC(N)=N3)c(F)cc2F)c1. The van der Waals surface area contributed by atoms with Gasteiger partial charge in [0.15, 0.2) is 5.17 Å². The van der Waals surface area contributed by atoms with Crippen LogP contribution in [0.15, 0.2) is 35.6 Å². The van der Waals surface area contributed by atoms with Crippen LogP contribution in [0.25, 0.3) is 11.1 Å². The van der Waals surface area contributed by atoms with Gasteiger partial charge in [0.1, 0.15) is 11.6 Å². The summed E-state index contributed by atoms with van der Waals surface area (Å²) in [5.41, 5.74) is 7.60. The number of benzene rings is 1. The van der Waals surface area contributed by atoms with Gasteiger partial charge in [-0.15, -0.1) is 5.92 Å². The Morgan fingerprint density at radius 2 is 2.04 bits per heavy atom. The lowest BCUT2D eigenvalue weighted by molar-refractivity contribution is 0.553. The van der Waals surface area contributed by atoms with Crippen molar-refractivity contribution in [2.75, 3.05) is 5.75 Å². The van der Waals surface area contributed by atoms with Crippen LogP contribution < -0.4 is 5.73 Å². The Hall–Kier alpha value is -2.39. The van der Waals surface area contributed by atoms with Crippen LogP contribution in [0.2, 0.25) is 0 Å². The summed E-state index contributed by atoms with van der Waals surface area (Å²) < 4.78 is 28.6. The molecule has 3 rings (SSSR count). The van der Waals surface area contributed by atoms with Gasteiger partial charge in [0.2, 0.25) is 0 Å². The summed E-state index contributed by atoms with van der Waals surface area (Å²) >= 11 is 1.44. The average molecular weight is 343 g/mol. The molecule has 1 aliphatic rings. The fourth-order valence-corrected chi connectivity index (χ4v) is 3.35. The number of rotatable bonds is 2. The molecule has 2 aromatic rings. The Morgan fingerprint density at radius 3 is 2.79 bits per heavy atom. The highest BCUT2D eigenvalue weighted by Gasteiger charge is 2.22. The van der Waals surface area contributed by atoms with E-state index in [4.69, 9.17) is 5.73 Å². The van der Waals surface area contributed by atoms with E-state index in [2.05, 4.69) is 21.8 Å². The number of thioether (sulfide) groups is 1. The second-order valence-corrected chi connectivity index (χ2v) is 6.43. The first-order valence-corrected chi connectivity index (χ1v) is 8.40. The molecule has 2 N–H and O–H groups in total. The van der Waals surface area contributed by atoms with Gasteiger partial charge in [-0.3, -0.25) is 9.98 Å². The molecule has 0 bridgehead atoms. The van der Waals surface area contributed by atoms with Crippen molar-refractivity contribution < 1.29 is 8.78 Å². The van der Waals surface area contributed by atoms with Crippen molar-refractivity contribution in [3.8, 4) is 23.0 Å². The second-order valence-electron chi connectivity index (χ2n) is 5.31. The summed E-state index contributed by atoms with van der Waals surface area (Å²) in [6.07, 6.45) is 3.80. The zero-order chi connectivity index (χ0) is 17.1. The van der Waals surface area contributed by atoms with Crippen molar-refractivity contribution in [2.45, 2.75) is 19.4 Å². The maximum absolute atomic E-state index is 14.3. The van der Waals surface area contributed by atoms with E-state index in [-0.39, 0.29) is 5.56 Å². The van der Waals surface area contributed by atoms with Crippen LogP contribution in [0, 0.1) is 23.5 Å². The molecule has 1 unspecified atom stereocenters. The maximum Gasteiger partial charge on any atom is 0.154 e. The quantitative estimate of drug-likeness (QED) is 0.842. The summed E-state index contributed by atoms with van der Waals surface area (Å²) in [6, 6.07) is 3.74. The molecule has 0 radical (unpaired) electrons. The molecule has 1 aromatic heterocycles. The lowest BCUT2D eigenvalue weighted by Gasteiger charge is -2.19. The molecule has 6 heteroatoms. The van der Waals surface area contributed by atoms with Gasteiger partial charge in [-0.05, 0) is 25.5 Å². The molecule has 0 spiro atoms. The Bertz CT molecular complexity index is 868. The van der Waals surface area contributed by atoms with E-state index in [9.17, 15) is 8.78 Å². The smallest absolute Gasteiger partial charge is 0.154 e. The van der Waals surface area contributed by atoms with Crippen LogP contribution in [0.1, 0.15) is 30.5 Å². The minimum absolute atomic E-state index is 0.283. The first kappa shape index (κ1) is 16.5. The van der Waals surface area contributed by atoms with Gasteiger partial charge >= 0.3 is 0 Å². The van der Waals surface area contributed by atoms with E-state index >= 15 is 0 Å². The summed E-state index contributed by atoms with van der Waals surface area (Å²) in [6.45, 7) is 1.72. The van der Waals surface area contributed by atoms with Crippen molar-refractivity contribution in [3.05, 3.63) is 53.4 Å². The van der Waals surface area contributed by atoms with Gasteiger partial charge in [-0.2, -0.15) is 0 Å². The molecule has 0 fully saturated rings. The van der Waals surface area contributed by atoms with E-state index < -0.39 is 17.7 Å². The Balaban J connectivity index is 2.08. The number of nitrogens with two attached hydrogens (primary N) is 1. The maximum atomic E-state index is 14.3. The summed E-state index contributed by atoms with van der Waals surface area (Å²) in [5, 5.41) is 0.429. The molecule has 1 atom stereocenters. The molecular weight excluding hydrogens is 328 g/mol. The van der Waals surface area contributed by atoms with Gasteiger partial charge in [0.25, 0.3) is 0 Å². The van der Waals surface area contributed by atoms with Crippen LogP contribution in [-0.4, -0.2) is 15.9 Å². The number of hydrogen-bond acceptors (Lipinski definition) is 4. The normalized spacial score (nSPS) is 17.0. The summed E-state index contributed by atoms with van der Waals surface area (Å²) in [4.78, 5) is 8.37. The summed E-state index contributed by atoms with van der Waals surface area (Å²) in [7, 11) is 0. The molecular formula is C18H15F2N3S. The molecule has 1 aromatic carbocycles. The Kier molecular flexibility index (Phi) is 4.81. The number of halogens is 2. The van der Waals surface area contributed by atoms with Gasteiger partial charge in [-0.1, -0.05) is 17.7 Å². The summed E-state index contributed by atoms with van der Waals surface area (Å²) in [5.74, 6) is 5.17. The van der Waals surface area contributed by atoms with Gasteiger partial charge in [-0.25, -0.2) is 8.78 Å². The third-order valence-electron chi connectivity index (χ3n) is 3.69. The fourth-order valence-electron chi connectivity index (χ4n) is 2.60. The molecule has 0 saturated carbocycles. The van der Waals surface area contributed by atoms with Crippen molar-refractivity contribution in [1.29, 1.82) is 0 Å². The number of nitrogens with zero attached hydrogens (tertiary/aromatic N) is 2. The highest BCUT2D eigenvalue weighted by molar-refractivity contribution is 8.13. The molecule has 3 nitrogen and oxygen atoms in total. The zero-order valence-corrected chi connectivity index (χ0v) is 13.8. The van der Waals surface area contributed by atoms with E-state index in [0.717, 1.165) is 11.8 Å². The molecule has 122 valence electrons. The predicted octanol–water partition coefficient (Wildman–Crippen LogP) is 3.89. The third kappa shape index (κ3) is 3.41. The third-order valence-corrected chi connectivity index (χ3v) is 4.53. The van der Waals surface area contributed by atoms with E-state index in [1.54, 1.807) is 19.2 Å². The van der Waals surface area contributed by atoms with E-state index in [1.807, 2.05) is 0 Å². The first-order valence-electron chi connectivity index (χ1n) is 7.41. The minimum atomic E-state index is -0.637. The number of amidine groups is 1. The fraction of sp³-hybridized carbons (Fsp3) is 0.222. The highest BCUT2D eigenvalue weighted by atomic mass is 32.2. The van der Waals surface area contributed by atoms with Gasteiger partial charge < -0.3 is 5.73 Å². The molecule has 2 heterocycles. The largest absolute Gasteiger partial charge is 0.379 e. The van der Waals surface area contributed by atoms with Crippen LogP contribution >= 0.6 is 11.8 Å². The highest BCUT2D eigenvalue weighted by Crippen LogP contribution is 2.34. The minimum Gasteiger partial charge on any atom is -0.379 e. The first-order chi connectivity index (χ1) is 11.6. The Labute approximate surface area is 143 Å². The van der Waals surface area contributed by atoms with Crippen molar-refractivity contribution in [2.24, 2.45) is 10.7 Å². The number of aliphatic imine (C=N–C) groups is 1. The van der Waals surface area contributed by atoms with E-state index in [1.165, 1.54) is 24.0 Å². The molecule has 0 saturated heterocycles. The number of pyridine rings is 1. The average Bonchev–Trinajstić information content (AvgIpc) is 2.55. The lowest BCUT2D eigenvalue weighted by atomic mass is 9.97. The van der Waals surface area contributed by atoms with Crippen LogP contribution in [0.3, 0.4) is 0 Å². The standard InChI is InChI=1S/C18H15F2N3S/c1-2-3-11-6-12(10-22-9-11)13-7-14(16(20)8-15(13)19)17-4-5-24-18(21)23-17/h6-10,17H,4-5H2,1H3,(H2,21,23). The topological polar surface area (TPSA) is 51.3 Å². The Morgan fingerprint density at radius 1 is 1.21 bits per heavy atom. The second kappa shape index (κ2) is 7.02. The lowest BCUT2D eigenvalue weighted by Crippen LogP contribution is -2.16. The molecule has 1 aliphatic heterocycles. The zero-order valence-electron chi connectivity index (χ0n) is 13.0. The van der Waals surface area contributed by atoms with E-state index in [0.29, 0.717) is 28.3 Å². The van der Waals surface area contributed by atoms with Crippen molar-refractivity contribution in [3.63, 3.8) is 0 Å². The van der Waals surface area contributed by atoms with Crippen LogP contribution in [0.5, 0.6) is 0 Å². The monoisotopic (exact) mass is 343 g/mol. The number of aromatic nitrogens is 1. The predicted molar refractivity (Wildman–Crippen MR) is 93.6 cm³/mol. The van der Waals surface area contributed by atoms with Crippen molar-refractivity contribution in [1.82, 2.24) is 4.98 Å². The van der Waals surface area contributed by atoms with Crippen LogP contribution in [-0.2, 0) is 0 Å². The molecule has 24 heavy (non-hydrogen) atoms. The molecule has 0 aliphatic carbocycles. The van der Waals surface area contributed by atoms with Crippen LogP contribution in [0.4, 0.5) is 8.78 Å². The van der Waals surface area contributed by atoms with Gasteiger partial charge in [0, 0.05) is 46.5 Å². The van der Waals surface area contributed by atoms with Crippen molar-refractivity contribution >= 4 is 16.9 Å².